The first-order valence-corrected chi connectivity index (χ1v) is 9.43. The summed E-state index contributed by atoms with van der Waals surface area (Å²) in [5, 5.41) is 10.6. The van der Waals surface area contributed by atoms with Crippen molar-refractivity contribution in [1.29, 1.82) is 0 Å². The molecule has 3 aromatic rings. The van der Waals surface area contributed by atoms with E-state index in [1.807, 2.05) is 0 Å². The molecule has 2 aromatic carbocycles. The first kappa shape index (κ1) is 20.7. The second kappa shape index (κ2) is 8.27. The van der Waals surface area contributed by atoms with Crippen molar-refractivity contribution in [3.8, 4) is 34.5 Å². The number of benzene rings is 2. The van der Waals surface area contributed by atoms with Gasteiger partial charge in [-0.3, -0.25) is 0 Å². The summed E-state index contributed by atoms with van der Waals surface area (Å²) in [6, 6.07) is 8.02. The molecule has 0 saturated carbocycles. The number of aliphatic hydroxyl groups excluding tert-OH is 1. The summed E-state index contributed by atoms with van der Waals surface area (Å²) < 4.78 is 39.3. The van der Waals surface area contributed by atoms with E-state index in [0.29, 0.717) is 33.9 Å². The van der Waals surface area contributed by atoms with Gasteiger partial charge in [-0.1, -0.05) is 0 Å². The average molecular weight is 430 g/mol. The molecule has 9 nitrogen and oxygen atoms in total. The normalized spacial score (nSPS) is 17.3. The van der Waals surface area contributed by atoms with E-state index in [-0.39, 0.29) is 23.7 Å². The summed E-state index contributed by atoms with van der Waals surface area (Å²) in [5.41, 5.74) is 0.294. The number of rotatable bonds is 6. The zero-order chi connectivity index (χ0) is 22.1. The lowest BCUT2D eigenvalue weighted by molar-refractivity contribution is -0.0137. The first-order chi connectivity index (χ1) is 15.0. The Morgan fingerprint density at radius 3 is 2.13 bits per heavy atom. The molecular weight excluding hydrogens is 408 g/mol. The molecular formula is C22H22O9. The molecule has 1 aromatic heterocycles. The fraction of sp³-hybridized carbons (Fsp3) is 0.318. The highest BCUT2D eigenvalue weighted by molar-refractivity contribution is 5.88. The van der Waals surface area contributed by atoms with Crippen LogP contribution in [-0.4, -0.2) is 46.3 Å². The SMILES string of the molecule is COc1cc(C2Oc3c(c(OC)cc4ccc(=O)oc34)OC2CO)cc(OC)c1OC. The predicted octanol–water partition coefficient (Wildman–Crippen LogP) is 2.70. The first-order valence-electron chi connectivity index (χ1n) is 9.43. The van der Waals surface area contributed by atoms with Gasteiger partial charge < -0.3 is 37.9 Å². The summed E-state index contributed by atoms with van der Waals surface area (Å²) in [6.45, 7) is -0.347. The lowest BCUT2D eigenvalue weighted by Gasteiger charge is -2.34. The zero-order valence-electron chi connectivity index (χ0n) is 17.5. The maximum atomic E-state index is 11.9. The van der Waals surface area contributed by atoms with E-state index in [0.717, 1.165) is 0 Å². The van der Waals surface area contributed by atoms with Gasteiger partial charge >= 0.3 is 5.63 Å². The molecule has 4 rings (SSSR count). The van der Waals surface area contributed by atoms with E-state index < -0.39 is 17.8 Å². The van der Waals surface area contributed by atoms with Crippen LogP contribution >= 0.6 is 0 Å². The fourth-order valence-corrected chi connectivity index (χ4v) is 3.61. The van der Waals surface area contributed by atoms with Crippen molar-refractivity contribution in [2.75, 3.05) is 35.0 Å². The lowest BCUT2D eigenvalue weighted by atomic mass is 10.0. The summed E-state index contributed by atoms with van der Waals surface area (Å²) in [7, 11) is 6.01. The highest BCUT2D eigenvalue weighted by atomic mass is 16.6. The van der Waals surface area contributed by atoms with Crippen LogP contribution in [0.25, 0.3) is 11.0 Å². The van der Waals surface area contributed by atoms with Gasteiger partial charge in [0.25, 0.3) is 0 Å². The molecule has 0 fully saturated rings. The van der Waals surface area contributed by atoms with Gasteiger partial charge in [0.15, 0.2) is 35.0 Å². The van der Waals surface area contributed by atoms with Gasteiger partial charge in [-0.05, 0) is 24.3 Å². The predicted molar refractivity (Wildman–Crippen MR) is 110 cm³/mol. The smallest absolute Gasteiger partial charge is 0.336 e. The van der Waals surface area contributed by atoms with Crippen LogP contribution in [-0.2, 0) is 0 Å². The zero-order valence-corrected chi connectivity index (χ0v) is 17.5. The van der Waals surface area contributed by atoms with Crippen LogP contribution in [0.5, 0.6) is 34.5 Å². The molecule has 0 radical (unpaired) electrons. The van der Waals surface area contributed by atoms with Crippen molar-refractivity contribution in [2.24, 2.45) is 0 Å². The van der Waals surface area contributed by atoms with Crippen LogP contribution in [0.2, 0.25) is 0 Å². The van der Waals surface area contributed by atoms with Crippen molar-refractivity contribution in [3.05, 3.63) is 46.3 Å². The molecule has 2 unspecified atom stereocenters. The van der Waals surface area contributed by atoms with E-state index in [4.69, 9.17) is 32.8 Å². The van der Waals surface area contributed by atoms with E-state index in [1.54, 1.807) is 24.3 Å². The Morgan fingerprint density at radius 2 is 1.55 bits per heavy atom. The molecule has 0 saturated heterocycles. The molecule has 0 bridgehead atoms. The summed E-state index contributed by atoms with van der Waals surface area (Å²) in [6.07, 6.45) is -1.55. The standard InChI is InChI=1S/C22H22O9/c1-25-13-8-12(9-14(26-2)20(13)28-4)18-16(10-23)29-21-15(27-3)7-11-5-6-17(24)30-19(11)22(21)31-18/h5-9,16,18,23H,10H2,1-4H3. The molecule has 1 N–H and O–H groups in total. The van der Waals surface area contributed by atoms with Gasteiger partial charge in [-0.2, -0.15) is 0 Å². The third kappa shape index (κ3) is 3.46. The molecule has 0 amide bonds. The van der Waals surface area contributed by atoms with Gasteiger partial charge in [0, 0.05) is 17.0 Å². The van der Waals surface area contributed by atoms with Crippen LogP contribution in [0.1, 0.15) is 11.7 Å². The molecule has 2 heterocycles. The van der Waals surface area contributed by atoms with Crippen molar-refractivity contribution in [1.82, 2.24) is 0 Å². The molecule has 31 heavy (non-hydrogen) atoms. The summed E-state index contributed by atoms with van der Waals surface area (Å²) in [4.78, 5) is 11.9. The minimum Gasteiger partial charge on any atom is -0.493 e. The molecule has 2 atom stereocenters. The van der Waals surface area contributed by atoms with Crippen molar-refractivity contribution in [2.45, 2.75) is 12.2 Å². The Kier molecular flexibility index (Phi) is 5.51. The summed E-state index contributed by atoms with van der Waals surface area (Å²) in [5.74, 6) is 2.10. The summed E-state index contributed by atoms with van der Waals surface area (Å²) >= 11 is 0. The van der Waals surface area contributed by atoms with E-state index in [9.17, 15) is 9.90 Å². The van der Waals surface area contributed by atoms with Crippen molar-refractivity contribution >= 4 is 11.0 Å². The largest absolute Gasteiger partial charge is 0.493 e. The van der Waals surface area contributed by atoms with Crippen LogP contribution in [0.15, 0.2) is 39.5 Å². The molecule has 0 spiro atoms. The Labute approximate surface area is 177 Å². The Hall–Kier alpha value is -3.59. The van der Waals surface area contributed by atoms with E-state index in [2.05, 4.69) is 0 Å². The number of hydrogen-bond donors (Lipinski definition) is 1. The van der Waals surface area contributed by atoms with Crippen LogP contribution in [0, 0.1) is 0 Å². The van der Waals surface area contributed by atoms with Crippen LogP contribution in [0.4, 0.5) is 0 Å². The quantitative estimate of drug-likeness (QED) is 0.591. The van der Waals surface area contributed by atoms with Gasteiger partial charge in [0.1, 0.15) is 0 Å². The third-order valence-electron chi connectivity index (χ3n) is 5.05. The maximum absolute atomic E-state index is 11.9. The van der Waals surface area contributed by atoms with Gasteiger partial charge in [-0.25, -0.2) is 4.79 Å². The Balaban J connectivity index is 1.90. The van der Waals surface area contributed by atoms with Crippen molar-refractivity contribution in [3.63, 3.8) is 0 Å². The molecule has 9 heteroatoms. The molecule has 1 aliphatic rings. The Morgan fingerprint density at radius 1 is 0.871 bits per heavy atom. The number of methoxy groups -OCH3 is 4. The fourth-order valence-electron chi connectivity index (χ4n) is 3.61. The lowest BCUT2D eigenvalue weighted by Crippen LogP contribution is -2.36. The van der Waals surface area contributed by atoms with E-state index >= 15 is 0 Å². The highest BCUT2D eigenvalue weighted by Crippen LogP contribution is 2.50. The second-order valence-corrected chi connectivity index (χ2v) is 6.75. The minimum atomic E-state index is -0.780. The van der Waals surface area contributed by atoms with Gasteiger partial charge in [0.2, 0.25) is 17.2 Å². The van der Waals surface area contributed by atoms with Crippen LogP contribution in [0.3, 0.4) is 0 Å². The Bertz CT molecular complexity index is 1140. The third-order valence-corrected chi connectivity index (χ3v) is 5.05. The van der Waals surface area contributed by atoms with Gasteiger partial charge in [0.05, 0.1) is 35.0 Å². The minimum absolute atomic E-state index is 0.204. The van der Waals surface area contributed by atoms with Crippen molar-refractivity contribution < 1.29 is 37.9 Å². The van der Waals surface area contributed by atoms with E-state index in [1.165, 1.54) is 34.5 Å². The number of fused-ring (bicyclic) bond motifs is 3. The van der Waals surface area contributed by atoms with Crippen LogP contribution < -0.4 is 34.0 Å². The number of hydrogen-bond acceptors (Lipinski definition) is 9. The number of aliphatic hydroxyl groups is 1. The molecule has 0 aliphatic carbocycles. The molecule has 1 aliphatic heterocycles. The second-order valence-electron chi connectivity index (χ2n) is 6.75. The monoisotopic (exact) mass is 430 g/mol. The van der Waals surface area contributed by atoms with Gasteiger partial charge in [-0.15, -0.1) is 0 Å². The molecule has 164 valence electrons. The maximum Gasteiger partial charge on any atom is 0.336 e. The highest BCUT2D eigenvalue weighted by Gasteiger charge is 2.37. The number of ether oxygens (including phenoxy) is 6. The average Bonchev–Trinajstić information content (AvgIpc) is 2.81. The topological polar surface area (TPSA) is 106 Å².